The topological polar surface area (TPSA) is 92.7 Å². The van der Waals surface area contributed by atoms with Gasteiger partial charge in [0.25, 0.3) is 0 Å². The maximum atomic E-state index is 11.8. The Morgan fingerprint density at radius 3 is 2.57 bits per heavy atom. The van der Waals surface area contributed by atoms with Crippen molar-refractivity contribution in [3.63, 3.8) is 0 Å². The van der Waals surface area contributed by atoms with Gasteiger partial charge in [-0.15, -0.1) is 0 Å². The number of benzene rings is 1. The van der Waals surface area contributed by atoms with Crippen LogP contribution in [-0.2, 0) is 16.0 Å². The monoisotopic (exact) mass is 293 g/mol. The summed E-state index contributed by atoms with van der Waals surface area (Å²) in [4.78, 5) is 33.5. The van der Waals surface area contributed by atoms with Crippen molar-refractivity contribution in [2.75, 3.05) is 13.7 Å². The summed E-state index contributed by atoms with van der Waals surface area (Å²) < 4.78 is 5.17. The summed E-state index contributed by atoms with van der Waals surface area (Å²) in [6.07, 6.45) is 0.479. The van der Waals surface area contributed by atoms with Crippen LogP contribution >= 0.6 is 0 Å². The molecule has 0 atom stereocenters. The zero-order valence-electron chi connectivity index (χ0n) is 12.1. The van der Waals surface area contributed by atoms with Gasteiger partial charge in [0.15, 0.2) is 5.78 Å². The van der Waals surface area contributed by atoms with Crippen LogP contribution in [0.1, 0.15) is 35.7 Å². The Morgan fingerprint density at radius 1 is 1.29 bits per heavy atom. The predicted octanol–water partition coefficient (Wildman–Crippen LogP) is 1.42. The molecule has 0 heterocycles. The average Bonchev–Trinajstić information content (AvgIpc) is 2.43. The molecule has 0 fully saturated rings. The minimum atomic E-state index is -0.889. The number of hydrogen-bond donors (Lipinski definition) is 2. The molecule has 0 bridgehead atoms. The fourth-order valence-corrected chi connectivity index (χ4v) is 1.84. The highest BCUT2D eigenvalue weighted by molar-refractivity contribution is 5.94. The van der Waals surface area contributed by atoms with Crippen LogP contribution in [0.15, 0.2) is 18.2 Å². The van der Waals surface area contributed by atoms with Gasteiger partial charge in [0, 0.05) is 24.1 Å². The van der Waals surface area contributed by atoms with Gasteiger partial charge in [-0.25, -0.2) is 0 Å². The fourth-order valence-electron chi connectivity index (χ4n) is 1.84. The lowest BCUT2D eigenvalue weighted by molar-refractivity contribution is -0.137. The molecule has 1 amide bonds. The second-order valence-electron chi connectivity index (χ2n) is 4.61. The van der Waals surface area contributed by atoms with Crippen molar-refractivity contribution in [3.05, 3.63) is 29.3 Å². The van der Waals surface area contributed by atoms with Gasteiger partial charge in [-0.1, -0.05) is 0 Å². The number of rotatable bonds is 8. The first-order chi connectivity index (χ1) is 9.93. The number of Topliss-reactive ketones (excluding diaryl/α,β-unsaturated/α-hetero) is 1. The van der Waals surface area contributed by atoms with E-state index in [1.807, 2.05) is 0 Å². The van der Waals surface area contributed by atoms with Crippen LogP contribution in [0.2, 0.25) is 0 Å². The lowest BCUT2D eigenvalue weighted by Gasteiger charge is -2.10. The molecule has 6 heteroatoms. The molecule has 0 unspecified atom stereocenters. The summed E-state index contributed by atoms with van der Waals surface area (Å²) in [6.45, 7) is 1.76. The van der Waals surface area contributed by atoms with E-state index in [-0.39, 0.29) is 24.5 Å². The van der Waals surface area contributed by atoms with Gasteiger partial charge in [-0.2, -0.15) is 0 Å². The Balaban J connectivity index is 2.63. The zero-order chi connectivity index (χ0) is 15.8. The van der Waals surface area contributed by atoms with Crippen molar-refractivity contribution in [1.29, 1.82) is 0 Å². The predicted molar refractivity (Wildman–Crippen MR) is 76.6 cm³/mol. The van der Waals surface area contributed by atoms with Crippen LogP contribution in [0.3, 0.4) is 0 Å². The van der Waals surface area contributed by atoms with Gasteiger partial charge >= 0.3 is 5.97 Å². The number of ether oxygens (including phenoxy) is 1. The largest absolute Gasteiger partial charge is 0.496 e. The Bertz CT molecular complexity index is 539. The molecule has 21 heavy (non-hydrogen) atoms. The van der Waals surface area contributed by atoms with Crippen molar-refractivity contribution < 1.29 is 24.2 Å². The molecule has 0 aliphatic rings. The fraction of sp³-hybridized carbons (Fsp3) is 0.400. The van der Waals surface area contributed by atoms with Crippen LogP contribution in [-0.4, -0.2) is 36.4 Å². The van der Waals surface area contributed by atoms with Crippen LogP contribution in [0.4, 0.5) is 0 Å². The van der Waals surface area contributed by atoms with Crippen molar-refractivity contribution in [1.82, 2.24) is 5.32 Å². The van der Waals surface area contributed by atoms with E-state index >= 15 is 0 Å². The van der Waals surface area contributed by atoms with E-state index in [2.05, 4.69) is 5.32 Å². The van der Waals surface area contributed by atoms with E-state index in [1.54, 1.807) is 18.2 Å². The van der Waals surface area contributed by atoms with Crippen LogP contribution in [0, 0.1) is 0 Å². The summed E-state index contributed by atoms with van der Waals surface area (Å²) in [7, 11) is 1.50. The van der Waals surface area contributed by atoms with E-state index in [1.165, 1.54) is 14.0 Å². The molecule has 0 aromatic heterocycles. The first-order valence-electron chi connectivity index (χ1n) is 6.60. The van der Waals surface area contributed by atoms with E-state index in [4.69, 9.17) is 9.84 Å². The summed E-state index contributed by atoms with van der Waals surface area (Å²) in [5.74, 6) is -0.666. The van der Waals surface area contributed by atoms with Gasteiger partial charge < -0.3 is 15.2 Å². The van der Waals surface area contributed by atoms with E-state index in [0.717, 1.165) is 0 Å². The molecular formula is C15H19NO5. The summed E-state index contributed by atoms with van der Waals surface area (Å²) in [5, 5.41) is 11.1. The number of aliphatic carboxylic acids is 1. The number of amides is 1. The van der Waals surface area contributed by atoms with Crippen LogP contribution < -0.4 is 10.1 Å². The van der Waals surface area contributed by atoms with Crippen LogP contribution in [0.5, 0.6) is 5.75 Å². The first-order valence-corrected chi connectivity index (χ1v) is 6.60. The number of carbonyl (C=O) groups excluding carboxylic acids is 2. The lowest BCUT2D eigenvalue weighted by Crippen LogP contribution is -2.26. The third-order valence-electron chi connectivity index (χ3n) is 2.93. The van der Waals surface area contributed by atoms with Gasteiger partial charge in [-0.3, -0.25) is 14.4 Å². The number of hydrogen-bond acceptors (Lipinski definition) is 4. The van der Waals surface area contributed by atoms with E-state index in [9.17, 15) is 14.4 Å². The molecule has 0 saturated heterocycles. The minimum Gasteiger partial charge on any atom is -0.496 e. The molecule has 0 aliphatic heterocycles. The molecular weight excluding hydrogens is 274 g/mol. The molecule has 2 N–H and O–H groups in total. The molecule has 1 rings (SSSR count). The summed E-state index contributed by atoms with van der Waals surface area (Å²) >= 11 is 0. The first kappa shape index (κ1) is 16.7. The van der Waals surface area contributed by atoms with Crippen molar-refractivity contribution in [2.45, 2.75) is 26.2 Å². The Kier molecular flexibility index (Phi) is 6.39. The quantitative estimate of drug-likeness (QED) is 0.558. The molecule has 0 radical (unpaired) electrons. The van der Waals surface area contributed by atoms with Gasteiger partial charge in [0.05, 0.1) is 13.5 Å². The Hall–Kier alpha value is -2.37. The van der Waals surface area contributed by atoms with E-state index in [0.29, 0.717) is 29.8 Å². The van der Waals surface area contributed by atoms with E-state index < -0.39 is 5.97 Å². The molecule has 0 aliphatic carbocycles. The van der Waals surface area contributed by atoms with Crippen molar-refractivity contribution in [2.24, 2.45) is 0 Å². The van der Waals surface area contributed by atoms with Gasteiger partial charge in [0.2, 0.25) is 5.91 Å². The Labute approximate surface area is 123 Å². The number of carboxylic acid groups (broad SMARTS) is 1. The molecule has 0 saturated carbocycles. The third-order valence-corrected chi connectivity index (χ3v) is 2.93. The maximum absolute atomic E-state index is 11.8. The third kappa shape index (κ3) is 5.64. The number of carbonyl (C=O) groups is 3. The molecule has 1 aromatic carbocycles. The average molecular weight is 293 g/mol. The van der Waals surface area contributed by atoms with Crippen molar-refractivity contribution in [3.8, 4) is 5.75 Å². The number of nitrogens with one attached hydrogen (secondary N) is 1. The highest BCUT2D eigenvalue weighted by Gasteiger charge is 2.11. The van der Waals surface area contributed by atoms with Crippen molar-refractivity contribution >= 4 is 17.7 Å². The highest BCUT2D eigenvalue weighted by Crippen LogP contribution is 2.20. The molecule has 6 nitrogen and oxygen atoms in total. The maximum Gasteiger partial charge on any atom is 0.303 e. The summed E-state index contributed by atoms with van der Waals surface area (Å²) in [6, 6.07) is 4.94. The summed E-state index contributed by atoms with van der Waals surface area (Å²) in [5.41, 5.74) is 1.14. The van der Waals surface area contributed by atoms with Gasteiger partial charge in [-0.05, 0) is 31.5 Å². The highest BCUT2D eigenvalue weighted by atomic mass is 16.5. The normalized spacial score (nSPS) is 10.0. The SMILES string of the molecule is COc1ccc(C(C)=O)cc1CC(=O)NCCCC(=O)O. The van der Waals surface area contributed by atoms with Gasteiger partial charge in [0.1, 0.15) is 5.75 Å². The second kappa shape index (κ2) is 8.04. The lowest BCUT2D eigenvalue weighted by atomic mass is 10.0. The smallest absolute Gasteiger partial charge is 0.303 e. The van der Waals surface area contributed by atoms with Crippen LogP contribution in [0.25, 0.3) is 0 Å². The number of carboxylic acids is 1. The molecule has 0 spiro atoms. The Morgan fingerprint density at radius 2 is 2.00 bits per heavy atom. The standard InChI is InChI=1S/C15H19NO5/c1-10(17)11-5-6-13(21-2)12(8-11)9-14(18)16-7-3-4-15(19)20/h5-6,8H,3-4,7,9H2,1-2H3,(H,16,18)(H,19,20). The molecule has 114 valence electrons. The second-order valence-corrected chi connectivity index (χ2v) is 4.61. The number of ketones is 1. The number of methoxy groups -OCH3 is 1. The molecule has 1 aromatic rings. The minimum absolute atomic E-state index is 0.0173. The zero-order valence-corrected chi connectivity index (χ0v) is 12.1.